The van der Waals surface area contributed by atoms with Crippen LogP contribution in [0.5, 0.6) is 5.75 Å². The van der Waals surface area contributed by atoms with Gasteiger partial charge in [0.15, 0.2) is 0 Å². The number of phenols is 1. The molecule has 0 radical (unpaired) electrons. The Kier molecular flexibility index (Phi) is 5.17. The van der Waals surface area contributed by atoms with Crippen LogP contribution in [0.1, 0.15) is 18.4 Å². The van der Waals surface area contributed by atoms with Crippen LogP contribution >= 0.6 is 0 Å². The molecule has 0 saturated carbocycles. The van der Waals surface area contributed by atoms with Crippen molar-refractivity contribution in [3.63, 3.8) is 0 Å². The lowest BCUT2D eigenvalue weighted by atomic mass is 9.94. The first-order chi connectivity index (χ1) is 9.98. The first-order valence-electron chi connectivity index (χ1n) is 7.10. The Morgan fingerprint density at radius 3 is 2.57 bits per heavy atom. The Balaban J connectivity index is 1.80. The van der Waals surface area contributed by atoms with E-state index in [9.17, 15) is 15.0 Å². The Hall–Kier alpha value is -1.63. The van der Waals surface area contributed by atoms with Crippen molar-refractivity contribution in [1.82, 2.24) is 5.32 Å². The summed E-state index contributed by atoms with van der Waals surface area (Å²) in [4.78, 5) is 12.0. The van der Waals surface area contributed by atoms with Gasteiger partial charge >= 0.3 is 0 Å². The summed E-state index contributed by atoms with van der Waals surface area (Å²) in [6.45, 7) is 1.20. The van der Waals surface area contributed by atoms with Crippen molar-refractivity contribution in [3.8, 4) is 5.75 Å². The van der Waals surface area contributed by atoms with Gasteiger partial charge in [0.1, 0.15) is 5.75 Å². The highest BCUT2D eigenvalue weighted by Gasteiger charge is 2.30. The maximum Gasteiger partial charge on any atom is 0.237 e. The number of rotatable bonds is 5. The monoisotopic (exact) mass is 294 g/mol. The second-order valence-electron chi connectivity index (χ2n) is 5.53. The normalized spacial score (nSPS) is 19.0. The first-order valence-corrected chi connectivity index (χ1v) is 7.10. The van der Waals surface area contributed by atoms with E-state index in [4.69, 9.17) is 10.5 Å². The third-order valence-corrected chi connectivity index (χ3v) is 3.74. The standard InChI is InChI=1S/C15H22N2O4/c16-13(9-11-1-3-12(18)4-2-11)14(19)17-10-15(20)5-7-21-8-6-15/h1-4,13,18,20H,5-10,16H2,(H,17,19)/t13-/m0/s1. The molecular formula is C15H22N2O4. The largest absolute Gasteiger partial charge is 0.508 e. The van der Waals surface area contributed by atoms with Crippen molar-refractivity contribution in [1.29, 1.82) is 0 Å². The molecule has 0 aliphatic carbocycles. The van der Waals surface area contributed by atoms with Crippen molar-refractivity contribution in [2.45, 2.75) is 30.9 Å². The summed E-state index contributed by atoms with van der Waals surface area (Å²) in [5.74, 6) is -0.110. The number of nitrogens with one attached hydrogen (secondary N) is 1. The third kappa shape index (κ3) is 4.70. The predicted molar refractivity (Wildman–Crippen MR) is 77.8 cm³/mol. The molecule has 6 nitrogen and oxygen atoms in total. The van der Waals surface area contributed by atoms with E-state index < -0.39 is 11.6 Å². The first kappa shape index (κ1) is 15.8. The minimum atomic E-state index is -0.897. The smallest absolute Gasteiger partial charge is 0.237 e. The zero-order valence-electron chi connectivity index (χ0n) is 11.9. The molecule has 6 heteroatoms. The topological polar surface area (TPSA) is 105 Å². The lowest BCUT2D eigenvalue weighted by Gasteiger charge is -2.32. The molecule has 116 valence electrons. The Morgan fingerprint density at radius 2 is 1.95 bits per heavy atom. The predicted octanol–water partition coefficient (Wildman–Crippen LogP) is -0.0803. The fourth-order valence-electron chi connectivity index (χ4n) is 2.29. The van der Waals surface area contributed by atoms with Crippen LogP contribution in [0.3, 0.4) is 0 Å². The number of hydrogen-bond donors (Lipinski definition) is 4. The number of ether oxygens (including phenoxy) is 1. The van der Waals surface area contributed by atoms with Crippen LogP contribution < -0.4 is 11.1 Å². The van der Waals surface area contributed by atoms with Crippen molar-refractivity contribution in [3.05, 3.63) is 29.8 Å². The summed E-state index contributed by atoms with van der Waals surface area (Å²) in [5, 5.41) is 22.2. The second-order valence-corrected chi connectivity index (χ2v) is 5.53. The van der Waals surface area contributed by atoms with E-state index in [1.165, 1.54) is 0 Å². The van der Waals surface area contributed by atoms with Gasteiger partial charge in [-0.25, -0.2) is 0 Å². The molecule has 5 N–H and O–H groups in total. The van der Waals surface area contributed by atoms with E-state index in [0.717, 1.165) is 5.56 Å². The number of benzene rings is 1. The summed E-state index contributed by atoms with van der Waals surface area (Å²) in [5.41, 5.74) is 5.84. The summed E-state index contributed by atoms with van der Waals surface area (Å²) in [7, 11) is 0. The van der Waals surface area contributed by atoms with Crippen LogP contribution in [0.2, 0.25) is 0 Å². The van der Waals surface area contributed by atoms with Crippen molar-refractivity contribution in [2.24, 2.45) is 5.73 Å². The van der Waals surface area contributed by atoms with Gasteiger partial charge in [0.25, 0.3) is 0 Å². The number of hydrogen-bond acceptors (Lipinski definition) is 5. The molecule has 1 atom stereocenters. The van der Waals surface area contributed by atoms with E-state index in [2.05, 4.69) is 5.32 Å². The third-order valence-electron chi connectivity index (χ3n) is 3.74. The molecule has 21 heavy (non-hydrogen) atoms. The zero-order valence-corrected chi connectivity index (χ0v) is 11.9. The molecule has 1 aliphatic heterocycles. The molecule has 1 fully saturated rings. The Labute approximate surface area is 123 Å². The van der Waals surface area contributed by atoms with Gasteiger partial charge < -0.3 is 26.0 Å². The highest BCUT2D eigenvalue weighted by Crippen LogP contribution is 2.19. The van der Waals surface area contributed by atoms with E-state index in [1.807, 2.05) is 0 Å². The summed E-state index contributed by atoms with van der Waals surface area (Å²) in [6, 6.07) is 5.90. The number of phenolic OH excluding ortho intramolecular Hbond substituents is 1. The van der Waals surface area contributed by atoms with E-state index >= 15 is 0 Å². The molecule has 1 amide bonds. The molecular weight excluding hydrogens is 272 g/mol. The Morgan fingerprint density at radius 1 is 1.33 bits per heavy atom. The van der Waals surface area contributed by atoms with Gasteiger partial charge in [0.05, 0.1) is 11.6 Å². The summed E-state index contributed by atoms with van der Waals surface area (Å²) >= 11 is 0. The van der Waals surface area contributed by atoms with Gasteiger partial charge in [-0.1, -0.05) is 12.1 Å². The van der Waals surface area contributed by atoms with E-state index in [-0.39, 0.29) is 18.2 Å². The fourth-order valence-corrected chi connectivity index (χ4v) is 2.29. The molecule has 1 aliphatic rings. The lowest BCUT2D eigenvalue weighted by molar-refractivity contribution is -0.125. The quantitative estimate of drug-likeness (QED) is 0.608. The molecule has 1 aromatic rings. The second kappa shape index (κ2) is 6.89. The zero-order chi connectivity index (χ0) is 15.3. The minimum Gasteiger partial charge on any atom is -0.508 e. The fraction of sp³-hybridized carbons (Fsp3) is 0.533. The lowest BCUT2D eigenvalue weighted by Crippen LogP contribution is -2.50. The van der Waals surface area contributed by atoms with Crippen LogP contribution in [0.25, 0.3) is 0 Å². The van der Waals surface area contributed by atoms with E-state index in [0.29, 0.717) is 32.5 Å². The van der Waals surface area contributed by atoms with Gasteiger partial charge in [-0.3, -0.25) is 4.79 Å². The number of carbonyl (C=O) groups excluding carboxylic acids is 1. The van der Waals surface area contributed by atoms with Crippen molar-refractivity contribution < 1.29 is 19.7 Å². The molecule has 1 saturated heterocycles. The minimum absolute atomic E-state index is 0.179. The average Bonchev–Trinajstić information content (AvgIpc) is 2.48. The molecule has 1 heterocycles. The van der Waals surface area contributed by atoms with Crippen LogP contribution in [-0.4, -0.2) is 47.5 Å². The van der Waals surface area contributed by atoms with Crippen molar-refractivity contribution >= 4 is 5.91 Å². The van der Waals surface area contributed by atoms with Crippen LogP contribution in [0.15, 0.2) is 24.3 Å². The summed E-state index contributed by atoms with van der Waals surface area (Å²) in [6.07, 6.45) is 1.41. The number of nitrogens with two attached hydrogens (primary N) is 1. The highest BCUT2D eigenvalue weighted by molar-refractivity contribution is 5.81. The number of aromatic hydroxyl groups is 1. The van der Waals surface area contributed by atoms with Gasteiger partial charge in [-0.2, -0.15) is 0 Å². The molecule has 0 aromatic heterocycles. The van der Waals surface area contributed by atoms with Gasteiger partial charge in [0, 0.05) is 32.6 Å². The average molecular weight is 294 g/mol. The Bertz CT molecular complexity index is 469. The maximum absolute atomic E-state index is 12.0. The molecule has 0 unspecified atom stereocenters. The van der Waals surface area contributed by atoms with Crippen LogP contribution in [0.4, 0.5) is 0 Å². The highest BCUT2D eigenvalue weighted by atomic mass is 16.5. The van der Waals surface area contributed by atoms with Crippen molar-refractivity contribution in [2.75, 3.05) is 19.8 Å². The van der Waals surface area contributed by atoms with Crippen LogP contribution in [0, 0.1) is 0 Å². The SMILES string of the molecule is N[C@@H](Cc1ccc(O)cc1)C(=O)NCC1(O)CCOCC1. The molecule has 0 spiro atoms. The maximum atomic E-state index is 12.0. The van der Waals surface area contributed by atoms with Crippen LogP contribution in [-0.2, 0) is 16.0 Å². The molecule has 2 rings (SSSR count). The molecule has 0 bridgehead atoms. The van der Waals surface area contributed by atoms with E-state index in [1.54, 1.807) is 24.3 Å². The number of carbonyl (C=O) groups is 1. The van der Waals surface area contributed by atoms with Gasteiger partial charge in [0.2, 0.25) is 5.91 Å². The number of aliphatic hydroxyl groups is 1. The van der Waals surface area contributed by atoms with Gasteiger partial charge in [-0.15, -0.1) is 0 Å². The van der Waals surface area contributed by atoms with Gasteiger partial charge in [-0.05, 0) is 24.1 Å². The number of amides is 1. The summed E-state index contributed by atoms with van der Waals surface area (Å²) < 4.78 is 5.19. The molecule has 1 aromatic carbocycles.